The van der Waals surface area contributed by atoms with Crippen LogP contribution >= 0.6 is 0 Å². The highest BCUT2D eigenvalue weighted by atomic mass is 16.8. The molecule has 0 spiro atoms. The summed E-state index contributed by atoms with van der Waals surface area (Å²) in [4.78, 5) is 53.2. The zero-order chi connectivity index (χ0) is 81.6. The number of aliphatic carboxylic acids is 1. The summed E-state index contributed by atoms with van der Waals surface area (Å²) in [5.41, 5.74) is 0. The molecule has 111 heavy (non-hydrogen) atoms. The van der Waals surface area contributed by atoms with Gasteiger partial charge in [-0.3, -0.25) is 9.59 Å². The van der Waals surface area contributed by atoms with Gasteiger partial charge in [0.15, 0.2) is 25.2 Å². The highest BCUT2D eigenvalue weighted by Crippen LogP contribution is 2.43. The molecule has 5 aliphatic rings. The number of carboxylic acid groups (broad SMARTS) is 1. The van der Waals surface area contributed by atoms with Gasteiger partial charge in [-0.25, -0.2) is 4.79 Å². The topological polar surface area (TPSA) is 529 Å². The normalized spacial score (nSPS) is 33.7. The molecule has 5 aliphatic heterocycles. The second-order valence-corrected chi connectivity index (χ2v) is 31.4. The summed E-state index contributed by atoms with van der Waals surface area (Å²) in [5.74, 6) is -9.02. The lowest BCUT2D eigenvalue weighted by Crippen LogP contribution is -2.71. The summed E-state index contributed by atoms with van der Waals surface area (Å²) in [7, 11) is 0. The van der Waals surface area contributed by atoms with Gasteiger partial charge in [0.1, 0.15) is 110 Å². The molecule has 5 saturated heterocycles. The summed E-state index contributed by atoms with van der Waals surface area (Å²) >= 11 is 0. The third kappa shape index (κ3) is 31.7. The van der Waals surface area contributed by atoms with Gasteiger partial charge in [0.25, 0.3) is 5.79 Å². The number of ketones is 1. The maximum Gasteiger partial charge on any atom is 0.364 e. The minimum absolute atomic E-state index is 0.162. The Labute approximate surface area is 654 Å². The number of hydrogen-bond donors (Lipinski definition) is 19. The van der Waals surface area contributed by atoms with E-state index in [1.807, 2.05) is 0 Å². The van der Waals surface area contributed by atoms with Crippen LogP contribution in [0.4, 0.5) is 0 Å². The number of Topliss-reactive ketones (excluding diaryl/α,β-unsaturated/α-hetero) is 1. The van der Waals surface area contributed by atoms with E-state index in [0.717, 1.165) is 71.6 Å². The van der Waals surface area contributed by atoms with Crippen molar-refractivity contribution < 1.29 is 153 Å². The zero-order valence-corrected chi connectivity index (χ0v) is 66.1. The highest BCUT2D eigenvalue weighted by molar-refractivity contribution is 5.77. The van der Waals surface area contributed by atoms with Crippen LogP contribution in [0, 0.1) is 5.92 Å². The van der Waals surface area contributed by atoms with E-state index >= 15 is 0 Å². The van der Waals surface area contributed by atoms with Crippen LogP contribution in [0.5, 0.6) is 0 Å². The van der Waals surface area contributed by atoms with Crippen molar-refractivity contribution in [2.75, 3.05) is 39.6 Å². The Bertz CT molecular complexity index is 2520. The molecule has 0 bridgehead atoms. The number of amides is 2. The molecule has 650 valence electrons. The lowest BCUT2D eigenvalue weighted by molar-refractivity contribution is -0.406. The molecule has 28 atom stereocenters. The molecule has 0 aliphatic carbocycles. The van der Waals surface area contributed by atoms with Crippen molar-refractivity contribution in [3.8, 4) is 0 Å². The van der Waals surface area contributed by atoms with Crippen molar-refractivity contribution in [2.45, 2.75) is 424 Å². The highest BCUT2D eigenvalue weighted by Gasteiger charge is 2.62. The van der Waals surface area contributed by atoms with Crippen molar-refractivity contribution in [1.29, 1.82) is 0 Å². The van der Waals surface area contributed by atoms with Gasteiger partial charge in [0, 0.05) is 32.1 Å². The number of nitrogens with one attached hydrogen (secondary N) is 2. The van der Waals surface area contributed by atoms with Crippen LogP contribution in [0.1, 0.15) is 259 Å². The second kappa shape index (κ2) is 53.5. The minimum Gasteiger partial charge on any atom is -0.477 e. The number of unbranched alkanes of at least 4 members (excludes halogenated alkanes) is 30. The molecule has 2 amide bonds. The SMILES string of the molecule is CCCCCCCCCCCCCCCCCCCCCC(=O)N[C@@H](CO[C@@H]1O[C@H](CO)[C@@H](O[C@@H]2O[C@H](CO)[C@H](O[C@@H]3O[C@H](CO)[C@H](O)[C@H](O[C@@H]4O[C@H](CO)[C@H](O)[C@H](O)[C@H]4O)[C@H]3CC(C)=O)[C@H](O[C@]3(C(=O)O)C[C@H](O)[C@@H](NC(C)=O)C([C@H](O)[C@H](O)CO)O3)[C@H]2O)[C@H](O)[C@H]1O)[C@H](O)CCCCCCCCCCCCCCC. The Kier molecular flexibility index (Phi) is 47.5. The minimum atomic E-state index is -3.36. The van der Waals surface area contributed by atoms with Gasteiger partial charge in [-0.05, 0) is 19.8 Å². The molecule has 1 unspecified atom stereocenters. The third-order valence-electron chi connectivity index (χ3n) is 22.2. The van der Waals surface area contributed by atoms with Gasteiger partial charge in [-0.15, -0.1) is 0 Å². The molecule has 5 heterocycles. The molecule has 33 heteroatoms. The summed E-state index contributed by atoms with van der Waals surface area (Å²) in [6, 6.07) is -2.80. The van der Waals surface area contributed by atoms with Crippen molar-refractivity contribution in [3.63, 3.8) is 0 Å². The van der Waals surface area contributed by atoms with Crippen molar-refractivity contribution in [1.82, 2.24) is 10.6 Å². The van der Waals surface area contributed by atoms with Gasteiger partial charge in [-0.2, -0.15) is 0 Å². The predicted molar refractivity (Wildman–Crippen MR) is 398 cm³/mol. The quantitative estimate of drug-likeness (QED) is 0.0386. The van der Waals surface area contributed by atoms with Crippen LogP contribution in [0.2, 0.25) is 0 Å². The maximum atomic E-state index is 13.9. The van der Waals surface area contributed by atoms with E-state index in [1.165, 1.54) is 135 Å². The van der Waals surface area contributed by atoms with Crippen LogP contribution in [0.15, 0.2) is 0 Å². The van der Waals surface area contributed by atoms with Crippen molar-refractivity contribution in [3.05, 3.63) is 0 Å². The number of hydrogen-bond acceptors (Lipinski definition) is 30. The first-order valence-corrected chi connectivity index (χ1v) is 41.6. The summed E-state index contributed by atoms with van der Waals surface area (Å²) < 4.78 is 60.5. The predicted octanol–water partition coefficient (Wildman–Crippen LogP) is 1.83. The Morgan fingerprint density at radius 1 is 0.459 bits per heavy atom. The molecule has 19 N–H and O–H groups in total. The summed E-state index contributed by atoms with van der Waals surface area (Å²) in [6.07, 6.45) is -12.8. The Morgan fingerprint density at radius 2 is 0.883 bits per heavy atom. The third-order valence-corrected chi connectivity index (χ3v) is 22.2. The number of carboxylic acids is 1. The standard InChI is InChI=1S/C78H142N2O31/c1-5-7-9-11-13-15-17-19-20-21-22-23-24-26-28-30-32-34-36-38-58(91)80-50(51(88)37-35-33-31-29-27-25-18-16-14-12-10-8-6-2)46-102-74-66(98)64(96)69(56(44-84)105-74)108-76-67(99)72(111-78(77(100)101)40-52(89)59(79-48(4)87)71(110-78)60(92)53(90)41-81)70(57(45-85)106-76)109-73-49(39-47(3)86)68(62(94)55(43-83)103-73)107-75-65(97)63(95)61(93)54(42-82)104-75/h49-57,59-76,81-85,88-90,92-99H,5-46H2,1-4H3,(H,79,87)(H,80,91)(H,100,101)/t49-,50+,51-,52+,53-,54-,55-,56-,57-,59-,60-,61+,62+,63+,64-,65-,66-,67-,68-,69-,70+,71?,72-,73+,74-,75+,76+,78+/m1/s1. The Morgan fingerprint density at radius 3 is 1.36 bits per heavy atom. The number of aliphatic hydroxyl groups excluding tert-OH is 16. The fraction of sp³-hybridized carbons (Fsp3) is 0.949. The molecular weight excluding hydrogens is 1460 g/mol. The van der Waals surface area contributed by atoms with Gasteiger partial charge in [-0.1, -0.05) is 213 Å². The van der Waals surface area contributed by atoms with E-state index in [1.54, 1.807) is 0 Å². The van der Waals surface area contributed by atoms with Crippen molar-refractivity contribution >= 4 is 23.6 Å². The number of aliphatic hydroxyl groups is 16. The average Bonchev–Trinajstić information content (AvgIpc) is 0.748. The number of ether oxygens (including phenoxy) is 10. The molecule has 0 aromatic carbocycles. The molecular formula is C78H142N2O31. The molecule has 0 aromatic heterocycles. The van der Waals surface area contributed by atoms with E-state index in [2.05, 4.69) is 24.5 Å². The van der Waals surface area contributed by atoms with Crippen molar-refractivity contribution in [2.24, 2.45) is 5.92 Å². The van der Waals surface area contributed by atoms with Gasteiger partial charge in [0.05, 0.1) is 70.0 Å². The van der Waals surface area contributed by atoms with E-state index in [-0.39, 0.29) is 18.7 Å². The first kappa shape index (κ1) is 98.6. The monoisotopic (exact) mass is 1600 g/mol. The largest absolute Gasteiger partial charge is 0.477 e. The van der Waals surface area contributed by atoms with E-state index in [4.69, 9.17) is 47.4 Å². The van der Waals surface area contributed by atoms with Gasteiger partial charge in [0.2, 0.25) is 11.8 Å². The fourth-order valence-electron chi connectivity index (χ4n) is 15.6. The van der Waals surface area contributed by atoms with Crippen LogP contribution in [0.25, 0.3) is 0 Å². The van der Waals surface area contributed by atoms with E-state index in [9.17, 15) is 106 Å². The van der Waals surface area contributed by atoms with E-state index < -0.39 is 241 Å². The molecule has 5 rings (SSSR count). The Balaban J connectivity index is 1.35. The molecule has 5 fully saturated rings. The molecule has 33 nitrogen and oxygen atoms in total. The lowest BCUT2D eigenvalue weighted by Gasteiger charge is -2.52. The zero-order valence-electron chi connectivity index (χ0n) is 66.1. The Hall–Kier alpha value is -2.96. The smallest absolute Gasteiger partial charge is 0.364 e. The molecule has 0 radical (unpaired) electrons. The number of rotatable bonds is 58. The fourth-order valence-corrected chi connectivity index (χ4v) is 15.6. The molecule has 0 saturated carbocycles. The van der Waals surface area contributed by atoms with E-state index in [0.29, 0.717) is 12.8 Å². The van der Waals surface area contributed by atoms with Crippen LogP contribution < -0.4 is 10.6 Å². The van der Waals surface area contributed by atoms with Gasteiger partial charge >= 0.3 is 5.97 Å². The summed E-state index contributed by atoms with van der Waals surface area (Å²) in [5, 5.41) is 195. The van der Waals surface area contributed by atoms with Crippen LogP contribution in [-0.2, 0) is 66.5 Å². The maximum absolute atomic E-state index is 13.9. The first-order valence-electron chi connectivity index (χ1n) is 41.6. The first-order chi connectivity index (χ1) is 53.3. The summed E-state index contributed by atoms with van der Waals surface area (Å²) in [6.45, 7) is 0.629. The second-order valence-electron chi connectivity index (χ2n) is 31.4. The number of carbonyl (C=O) groups excluding carboxylic acids is 3. The number of carbonyl (C=O) groups is 4. The van der Waals surface area contributed by atoms with Crippen LogP contribution in [-0.4, -0.2) is 315 Å². The van der Waals surface area contributed by atoms with Crippen LogP contribution in [0.3, 0.4) is 0 Å². The molecule has 0 aromatic rings. The average molecular weight is 1600 g/mol. The lowest BCUT2D eigenvalue weighted by atomic mass is 9.86. The van der Waals surface area contributed by atoms with Gasteiger partial charge < -0.3 is 150 Å².